The third kappa shape index (κ3) is 3.79. The maximum absolute atomic E-state index is 12.5. The van der Waals surface area contributed by atoms with E-state index in [1.807, 2.05) is 61.5 Å². The highest BCUT2D eigenvalue weighted by Crippen LogP contribution is 2.21. The summed E-state index contributed by atoms with van der Waals surface area (Å²) >= 11 is 0. The fraction of sp³-hybridized carbons (Fsp3) is 0.100. The molecule has 1 amide bonds. The zero-order valence-electron chi connectivity index (χ0n) is 13.4. The van der Waals surface area contributed by atoms with Gasteiger partial charge in [-0.2, -0.15) is 0 Å². The van der Waals surface area contributed by atoms with Gasteiger partial charge in [-0.05, 0) is 30.7 Å². The van der Waals surface area contributed by atoms with Crippen molar-refractivity contribution in [2.45, 2.75) is 6.92 Å². The molecule has 0 unspecified atom stereocenters. The summed E-state index contributed by atoms with van der Waals surface area (Å²) in [5, 5.41) is 2.88. The number of pyridine rings is 1. The summed E-state index contributed by atoms with van der Waals surface area (Å²) in [6.07, 6.45) is 3.32. The summed E-state index contributed by atoms with van der Waals surface area (Å²) in [6.45, 7) is 2.51. The Morgan fingerprint density at radius 1 is 1.00 bits per heavy atom. The lowest BCUT2D eigenvalue weighted by Gasteiger charge is -2.09. The maximum atomic E-state index is 12.5. The van der Waals surface area contributed by atoms with Crippen LogP contribution in [0.3, 0.4) is 0 Å². The van der Waals surface area contributed by atoms with Gasteiger partial charge in [-0.3, -0.25) is 9.78 Å². The van der Waals surface area contributed by atoms with E-state index in [9.17, 15) is 4.79 Å². The number of hydrogen-bond donors (Lipinski definition) is 1. The third-order valence-electron chi connectivity index (χ3n) is 3.51. The minimum Gasteiger partial charge on any atom is -0.494 e. The van der Waals surface area contributed by atoms with Crippen LogP contribution in [-0.2, 0) is 0 Å². The van der Waals surface area contributed by atoms with Gasteiger partial charge in [0.15, 0.2) is 0 Å². The molecule has 0 radical (unpaired) electrons. The maximum Gasteiger partial charge on any atom is 0.257 e. The lowest BCUT2D eigenvalue weighted by Crippen LogP contribution is -2.12. The number of rotatable bonds is 5. The van der Waals surface area contributed by atoms with Gasteiger partial charge in [0.05, 0.1) is 12.2 Å². The molecule has 1 N–H and O–H groups in total. The molecule has 3 rings (SSSR count). The summed E-state index contributed by atoms with van der Waals surface area (Å²) in [5.74, 6) is 0.528. The molecule has 0 spiro atoms. The summed E-state index contributed by atoms with van der Waals surface area (Å²) in [7, 11) is 0. The Labute approximate surface area is 141 Å². The predicted octanol–water partition coefficient (Wildman–Crippen LogP) is 4.40. The Bertz CT molecular complexity index is 832. The first kappa shape index (κ1) is 15.7. The Balaban J connectivity index is 1.79. The minimum absolute atomic E-state index is 0.200. The van der Waals surface area contributed by atoms with Crippen molar-refractivity contribution in [1.29, 1.82) is 0 Å². The van der Waals surface area contributed by atoms with Crippen LogP contribution in [0, 0.1) is 0 Å². The van der Waals surface area contributed by atoms with Crippen LogP contribution >= 0.6 is 0 Å². The number of anilines is 1. The lowest BCUT2D eigenvalue weighted by molar-refractivity contribution is 0.102. The Morgan fingerprint density at radius 3 is 2.62 bits per heavy atom. The molecule has 0 aliphatic carbocycles. The van der Waals surface area contributed by atoms with E-state index in [1.54, 1.807) is 18.5 Å². The highest BCUT2D eigenvalue weighted by atomic mass is 16.5. The molecule has 0 saturated carbocycles. The number of hydrogen-bond acceptors (Lipinski definition) is 3. The smallest absolute Gasteiger partial charge is 0.257 e. The molecular formula is C20H18N2O2. The molecule has 120 valence electrons. The first-order valence-corrected chi connectivity index (χ1v) is 7.81. The van der Waals surface area contributed by atoms with Gasteiger partial charge in [-0.15, -0.1) is 0 Å². The van der Waals surface area contributed by atoms with Crippen molar-refractivity contribution in [2.75, 3.05) is 11.9 Å². The summed E-state index contributed by atoms with van der Waals surface area (Å²) in [6, 6.07) is 19.0. The Kier molecular flexibility index (Phi) is 4.87. The van der Waals surface area contributed by atoms with E-state index in [0.29, 0.717) is 17.9 Å². The normalized spacial score (nSPS) is 10.2. The van der Waals surface area contributed by atoms with Crippen LogP contribution in [0.15, 0.2) is 73.1 Å². The number of nitrogens with zero attached hydrogens (tertiary/aromatic N) is 1. The van der Waals surface area contributed by atoms with Crippen molar-refractivity contribution in [1.82, 2.24) is 4.98 Å². The van der Waals surface area contributed by atoms with Gasteiger partial charge >= 0.3 is 0 Å². The van der Waals surface area contributed by atoms with Crippen LogP contribution in [-0.4, -0.2) is 17.5 Å². The number of aromatic nitrogens is 1. The van der Waals surface area contributed by atoms with Gasteiger partial charge in [0.25, 0.3) is 5.91 Å². The van der Waals surface area contributed by atoms with Gasteiger partial charge < -0.3 is 10.1 Å². The summed E-state index contributed by atoms with van der Waals surface area (Å²) in [4.78, 5) is 16.7. The van der Waals surface area contributed by atoms with Crippen LogP contribution in [0.5, 0.6) is 5.75 Å². The molecule has 4 heteroatoms. The molecule has 0 aliphatic rings. The summed E-state index contributed by atoms with van der Waals surface area (Å²) in [5.41, 5.74) is 3.14. The van der Waals surface area contributed by atoms with Gasteiger partial charge in [0, 0.05) is 29.7 Å². The molecular weight excluding hydrogens is 300 g/mol. The van der Waals surface area contributed by atoms with E-state index in [-0.39, 0.29) is 5.91 Å². The van der Waals surface area contributed by atoms with E-state index in [1.165, 1.54) is 0 Å². The molecule has 24 heavy (non-hydrogen) atoms. The zero-order chi connectivity index (χ0) is 16.8. The second-order valence-corrected chi connectivity index (χ2v) is 5.24. The molecule has 2 aromatic carbocycles. The second-order valence-electron chi connectivity index (χ2n) is 5.24. The fourth-order valence-corrected chi connectivity index (χ4v) is 2.39. The highest BCUT2D eigenvalue weighted by molar-refractivity contribution is 6.04. The van der Waals surface area contributed by atoms with E-state index in [4.69, 9.17) is 4.74 Å². The van der Waals surface area contributed by atoms with Gasteiger partial charge in [0.1, 0.15) is 5.75 Å². The Morgan fingerprint density at radius 2 is 1.83 bits per heavy atom. The molecule has 0 atom stereocenters. The number of nitrogens with one attached hydrogen (secondary N) is 1. The van der Waals surface area contributed by atoms with Crippen LogP contribution in [0.25, 0.3) is 11.1 Å². The largest absolute Gasteiger partial charge is 0.494 e. The van der Waals surface area contributed by atoms with E-state index >= 15 is 0 Å². The van der Waals surface area contributed by atoms with Gasteiger partial charge in [-0.1, -0.05) is 36.4 Å². The standard InChI is InChI=1S/C20H18N2O2/c1-2-24-19-10-6-9-18(12-19)22-20(23)17-11-16(13-21-14-17)15-7-4-3-5-8-15/h3-14H,2H2,1H3,(H,22,23). The Hall–Kier alpha value is -3.14. The van der Waals surface area contributed by atoms with Crippen molar-refractivity contribution in [3.63, 3.8) is 0 Å². The van der Waals surface area contributed by atoms with Crippen molar-refractivity contribution in [3.8, 4) is 16.9 Å². The lowest BCUT2D eigenvalue weighted by atomic mass is 10.1. The van der Waals surface area contributed by atoms with E-state index in [2.05, 4.69) is 10.3 Å². The van der Waals surface area contributed by atoms with Crippen LogP contribution in [0.2, 0.25) is 0 Å². The van der Waals surface area contributed by atoms with Crippen molar-refractivity contribution in [2.24, 2.45) is 0 Å². The average Bonchev–Trinajstić information content (AvgIpc) is 2.63. The first-order chi connectivity index (χ1) is 11.8. The van der Waals surface area contributed by atoms with Gasteiger partial charge in [-0.25, -0.2) is 0 Å². The van der Waals surface area contributed by atoms with Crippen LogP contribution in [0.4, 0.5) is 5.69 Å². The number of benzene rings is 2. The number of ether oxygens (including phenoxy) is 1. The number of amides is 1. The topological polar surface area (TPSA) is 51.2 Å². The van der Waals surface area contributed by atoms with E-state index < -0.39 is 0 Å². The molecule has 1 aromatic heterocycles. The van der Waals surface area contributed by atoms with Crippen molar-refractivity contribution < 1.29 is 9.53 Å². The van der Waals surface area contributed by atoms with E-state index in [0.717, 1.165) is 16.9 Å². The molecule has 4 nitrogen and oxygen atoms in total. The monoisotopic (exact) mass is 318 g/mol. The minimum atomic E-state index is -0.200. The zero-order valence-corrected chi connectivity index (χ0v) is 13.4. The summed E-state index contributed by atoms with van der Waals surface area (Å²) < 4.78 is 5.45. The highest BCUT2D eigenvalue weighted by Gasteiger charge is 2.09. The van der Waals surface area contributed by atoms with Gasteiger partial charge in [0.2, 0.25) is 0 Å². The molecule has 0 saturated heterocycles. The fourth-order valence-electron chi connectivity index (χ4n) is 2.39. The predicted molar refractivity (Wildman–Crippen MR) is 95.2 cm³/mol. The quantitative estimate of drug-likeness (QED) is 0.758. The molecule has 0 aliphatic heterocycles. The average molecular weight is 318 g/mol. The second kappa shape index (κ2) is 7.42. The first-order valence-electron chi connectivity index (χ1n) is 7.81. The van der Waals surface area contributed by atoms with Crippen LogP contribution < -0.4 is 10.1 Å². The number of carbonyl (C=O) groups is 1. The molecule has 3 aromatic rings. The number of carbonyl (C=O) groups excluding carboxylic acids is 1. The van der Waals surface area contributed by atoms with Crippen molar-refractivity contribution >= 4 is 11.6 Å². The third-order valence-corrected chi connectivity index (χ3v) is 3.51. The van der Waals surface area contributed by atoms with Crippen molar-refractivity contribution in [3.05, 3.63) is 78.6 Å². The molecule has 0 bridgehead atoms. The van der Waals surface area contributed by atoms with Crippen LogP contribution in [0.1, 0.15) is 17.3 Å². The molecule has 0 fully saturated rings. The SMILES string of the molecule is CCOc1cccc(NC(=O)c2cncc(-c3ccccc3)c2)c1. The molecule has 1 heterocycles.